The fourth-order valence-corrected chi connectivity index (χ4v) is 3.84. The maximum Gasteiger partial charge on any atom is 0.573 e. The summed E-state index contributed by atoms with van der Waals surface area (Å²) in [6, 6.07) is 4.21. The van der Waals surface area contributed by atoms with E-state index in [1.54, 1.807) is 15.9 Å². The summed E-state index contributed by atoms with van der Waals surface area (Å²) in [4.78, 5) is 27.9. The lowest BCUT2D eigenvalue weighted by Crippen LogP contribution is -2.54. The molecule has 2 atom stereocenters. The topological polar surface area (TPSA) is 77.5 Å². The quantitative estimate of drug-likeness (QED) is 0.664. The van der Waals surface area contributed by atoms with Crippen LogP contribution in [0.25, 0.3) is 0 Å². The van der Waals surface area contributed by atoms with Crippen molar-refractivity contribution in [2.75, 3.05) is 46.5 Å². The Kier molecular flexibility index (Phi) is 7.14. The number of hydrogen-bond acceptors (Lipinski definition) is 6. The van der Waals surface area contributed by atoms with Crippen LogP contribution in [0.5, 0.6) is 5.75 Å². The summed E-state index contributed by atoms with van der Waals surface area (Å²) in [6.07, 6.45) is -5.84. The summed E-state index contributed by atoms with van der Waals surface area (Å²) >= 11 is 0. The smallest absolute Gasteiger partial charge is 0.438 e. The van der Waals surface area contributed by atoms with Crippen molar-refractivity contribution in [1.29, 1.82) is 0 Å². The van der Waals surface area contributed by atoms with Crippen LogP contribution in [0.1, 0.15) is 23.5 Å². The SMILES string of the molecule is COC(=O)OC1CC(c2ccc(OC(F)(F)F)c(C)c2)CN(C(=O)N2CCOCC2)C1. The van der Waals surface area contributed by atoms with Gasteiger partial charge in [-0.15, -0.1) is 13.2 Å². The molecule has 1 aromatic carbocycles. The van der Waals surface area contributed by atoms with Crippen molar-refractivity contribution in [2.24, 2.45) is 0 Å². The Hall–Kier alpha value is -2.69. The van der Waals surface area contributed by atoms with Crippen molar-refractivity contribution < 1.29 is 41.7 Å². The summed E-state index contributed by atoms with van der Waals surface area (Å²) in [7, 11) is 1.20. The third-order valence-electron chi connectivity index (χ3n) is 5.29. The van der Waals surface area contributed by atoms with Gasteiger partial charge in [0.15, 0.2) is 0 Å². The van der Waals surface area contributed by atoms with E-state index < -0.39 is 18.6 Å². The first-order valence-corrected chi connectivity index (χ1v) is 9.88. The third kappa shape index (κ3) is 6.16. The number of urea groups is 1. The number of halogens is 3. The van der Waals surface area contributed by atoms with Gasteiger partial charge >= 0.3 is 18.5 Å². The molecule has 2 aliphatic heterocycles. The lowest BCUT2D eigenvalue weighted by atomic mass is 9.88. The first-order chi connectivity index (χ1) is 14.7. The highest BCUT2D eigenvalue weighted by Gasteiger charge is 2.36. The number of alkyl halides is 3. The summed E-state index contributed by atoms with van der Waals surface area (Å²) in [5.74, 6) is -0.525. The molecule has 2 amide bonds. The monoisotopic (exact) mass is 446 g/mol. The van der Waals surface area contributed by atoms with Gasteiger partial charge in [-0.1, -0.05) is 12.1 Å². The number of carbonyl (C=O) groups excluding carboxylic acids is 2. The molecule has 2 saturated heterocycles. The maximum absolute atomic E-state index is 13.0. The minimum Gasteiger partial charge on any atom is -0.438 e. The van der Waals surface area contributed by atoms with Crippen LogP contribution in [-0.4, -0.2) is 81.0 Å². The fraction of sp³-hybridized carbons (Fsp3) is 0.600. The number of hydrogen-bond donors (Lipinski definition) is 0. The van der Waals surface area contributed by atoms with Crippen LogP contribution in [-0.2, 0) is 14.2 Å². The molecule has 8 nitrogen and oxygen atoms in total. The number of likely N-dealkylation sites (tertiary alicyclic amines) is 1. The van der Waals surface area contributed by atoms with E-state index in [9.17, 15) is 22.8 Å². The molecule has 0 aromatic heterocycles. The second-order valence-corrected chi connectivity index (χ2v) is 7.49. The van der Waals surface area contributed by atoms with E-state index in [4.69, 9.17) is 9.47 Å². The number of benzene rings is 1. The van der Waals surface area contributed by atoms with Crippen LogP contribution in [0.3, 0.4) is 0 Å². The van der Waals surface area contributed by atoms with Crippen LogP contribution in [0.15, 0.2) is 18.2 Å². The molecule has 0 N–H and O–H groups in total. The van der Waals surface area contributed by atoms with Crippen LogP contribution < -0.4 is 4.74 Å². The minimum absolute atomic E-state index is 0.194. The van der Waals surface area contributed by atoms with Gasteiger partial charge in [0.05, 0.1) is 26.9 Å². The molecular formula is C20H25F3N2O6. The Morgan fingerprint density at radius 3 is 2.45 bits per heavy atom. The standard InChI is InChI=1S/C20H25F3N2O6/c1-13-9-14(3-4-17(13)31-20(21,22)23)15-10-16(30-19(27)28-2)12-25(11-15)18(26)24-5-7-29-8-6-24/h3-4,9,15-16H,5-8,10-12H2,1-2H3. The van der Waals surface area contributed by atoms with E-state index in [0.717, 1.165) is 5.56 Å². The van der Waals surface area contributed by atoms with E-state index in [-0.39, 0.29) is 24.2 Å². The van der Waals surface area contributed by atoms with Crippen LogP contribution >= 0.6 is 0 Å². The van der Waals surface area contributed by atoms with Crippen LogP contribution in [0.4, 0.5) is 22.8 Å². The summed E-state index contributed by atoms with van der Waals surface area (Å²) in [6.45, 7) is 3.89. The van der Waals surface area contributed by atoms with E-state index in [2.05, 4.69) is 9.47 Å². The van der Waals surface area contributed by atoms with Crippen molar-refractivity contribution in [2.45, 2.75) is 31.7 Å². The number of ether oxygens (including phenoxy) is 4. The minimum atomic E-state index is -4.78. The van der Waals surface area contributed by atoms with E-state index in [0.29, 0.717) is 44.8 Å². The van der Waals surface area contributed by atoms with Gasteiger partial charge < -0.3 is 28.7 Å². The van der Waals surface area contributed by atoms with Gasteiger partial charge in [-0.3, -0.25) is 0 Å². The highest BCUT2D eigenvalue weighted by molar-refractivity contribution is 5.75. The number of morpholine rings is 1. The molecule has 0 radical (unpaired) electrons. The fourth-order valence-electron chi connectivity index (χ4n) is 3.84. The molecule has 0 bridgehead atoms. The lowest BCUT2D eigenvalue weighted by molar-refractivity contribution is -0.274. The van der Waals surface area contributed by atoms with Crippen molar-refractivity contribution in [3.05, 3.63) is 29.3 Å². The zero-order valence-electron chi connectivity index (χ0n) is 17.3. The zero-order valence-corrected chi connectivity index (χ0v) is 17.3. The lowest BCUT2D eigenvalue weighted by Gasteiger charge is -2.40. The highest BCUT2D eigenvalue weighted by atomic mass is 19.4. The molecule has 2 heterocycles. The Balaban J connectivity index is 1.79. The highest BCUT2D eigenvalue weighted by Crippen LogP contribution is 2.33. The van der Waals surface area contributed by atoms with Gasteiger partial charge in [-0.05, 0) is 30.5 Å². The van der Waals surface area contributed by atoms with Crippen molar-refractivity contribution in [3.8, 4) is 5.75 Å². The van der Waals surface area contributed by atoms with Crippen LogP contribution in [0, 0.1) is 6.92 Å². The molecule has 31 heavy (non-hydrogen) atoms. The molecule has 2 fully saturated rings. The average molecular weight is 446 g/mol. The first kappa shape index (κ1) is 23.0. The van der Waals surface area contributed by atoms with Gasteiger partial charge in [0, 0.05) is 25.6 Å². The van der Waals surface area contributed by atoms with Crippen LogP contribution in [0.2, 0.25) is 0 Å². The predicted octanol–water partition coefficient (Wildman–Crippen LogP) is 3.29. The van der Waals surface area contributed by atoms with E-state index in [1.807, 2.05) is 0 Å². The predicted molar refractivity (Wildman–Crippen MR) is 102 cm³/mol. The largest absolute Gasteiger partial charge is 0.573 e. The molecule has 0 spiro atoms. The molecule has 0 saturated carbocycles. The van der Waals surface area contributed by atoms with E-state index in [1.165, 1.54) is 26.2 Å². The molecule has 2 aliphatic rings. The number of piperidine rings is 1. The first-order valence-electron chi connectivity index (χ1n) is 9.88. The molecule has 2 unspecified atom stereocenters. The number of rotatable bonds is 3. The number of methoxy groups -OCH3 is 1. The van der Waals surface area contributed by atoms with Crippen molar-refractivity contribution in [3.63, 3.8) is 0 Å². The molecule has 1 aromatic rings. The van der Waals surface area contributed by atoms with Gasteiger partial charge in [0.1, 0.15) is 11.9 Å². The molecule has 11 heteroatoms. The number of nitrogens with zero attached hydrogens (tertiary/aromatic N) is 2. The molecular weight excluding hydrogens is 421 g/mol. The van der Waals surface area contributed by atoms with Gasteiger partial charge in [-0.25, -0.2) is 9.59 Å². The van der Waals surface area contributed by atoms with Gasteiger partial charge in [-0.2, -0.15) is 0 Å². The Morgan fingerprint density at radius 2 is 1.84 bits per heavy atom. The number of amides is 2. The number of aryl methyl sites for hydroxylation is 1. The normalized spacial score (nSPS) is 22.1. The van der Waals surface area contributed by atoms with Gasteiger partial charge in [0.2, 0.25) is 0 Å². The van der Waals surface area contributed by atoms with Crippen molar-refractivity contribution >= 4 is 12.2 Å². The molecule has 172 valence electrons. The van der Waals surface area contributed by atoms with Crippen molar-refractivity contribution in [1.82, 2.24) is 9.80 Å². The third-order valence-corrected chi connectivity index (χ3v) is 5.29. The van der Waals surface area contributed by atoms with E-state index >= 15 is 0 Å². The Labute approximate surface area is 177 Å². The summed E-state index contributed by atoms with van der Waals surface area (Å²) < 4.78 is 56.9. The second kappa shape index (κ2) is 9.63. The Bertz CT molecular complexity index is 798. The Morgan fingerprint density at radius 1 is 1.13 bits per heavy atom. The summed E-state index contributed by atoms with van der Waals surface area (Å²) in [5, 5.41) is 0. The maximum atomic E-state index is 13.0. The summed E-state index contributed by atoms with van der Waals surface area (Å²) in [5.41, 5.74) is 1.04. The zero-order chi connectivity index (χ0) is 22.6. The number of carbonyl (C=O) groups is 2. The molecule has 3 rings (SSSR count). The second-order valence-electron chi connectivity index (χ2n) is 7.49. The molecule has 0 aliphatic carbocycles. The average Bonchev–Trinajstić information content (AvgIpc) is 2.74. The van der Waals surface area contributed by atoms with Gasteiger partial charge in [0.25, 0.3) is 0 Å².